The first-order chi connectivity index (χ1) is 6.70. The zero-order valence-electron chi connectivity index (χ0n) is 8.29. The number of pyridine rings is 1. The second-order valence-corrected chi connectivity index (χ2v) is 4.85. The van der Waals surface area contributed by atoms with Gasteiger partial charge < -0.3 is 0 Å². The van der Waals surface area contributed by atoms with Gasteiger partial charge in [0.05, 0.1) is 5.52 Å². The van der Waals surface area contributed by atoms with E-state index in [-0.39, 0.29) is 0 Å². The molecule has 1 nitrogen and oxygen atoms in total. The highest BCUT2D eigenvalue weighted by Gasteiger charge is 2.07. The molecule has 0 aliphatic rings. The molecule has 1 aromatic carbocycles. The van der Waals surface area contributed by atoms with Crippen molar-refractivity contribution in [2.24, 2.45) is 0 Å². The Morgan fingerprint density at radius 1 is 1.21 bits per heavy atom. The number of aromatic nitrogens is 1. The van der Waals surface area contributed by atoms with Crippen LogP contribution in [0.25, 0.3) is 10.9 Å². The molecule has 0 saturated heterocycles. The molecule has 0 unspecified atom stereocenters. The van der Waals surface area contributed by atoms with E-state index >= 15 is 0 Å². The summed E-state index contributed by atoms with van der Waals surface area (Å²) in [6.45, 7) is 4.44. The third-order valence-corrected chi connectivity index (χ3v) is 3.27. The van der Waals surface area contributed by atoms with Gasteiger partial charge in [0.2, 0.25) is 0 Å². The van der Waals surface area contributed by atoms with Gasteiger partial charge in [-0.15, -0.1) is 0 Å². The monoisotopic (exact) mass is 297 g/mol. The minimum atomic E-state index is 0.552. The predicted molar refractivity (Wildman–Crippen MR) is 68.5 cm³/mol. The molecule has 72 valence electrons. The van der Waals surface area contributed by atoms with Crippen LogP contribution in [0.1, 0.15) is 25.3 Å². The highest BCUT2D eigenvalue weighted by atomic mass is 127. The average molecular weight is 297 g/mol. The molecule has 0 spiro atoms. The molecule has 0 saturated carbocycles. The van der Waals surface area contributed by atoms with Gasteiger partial charge in [-0.2, -0.15) is 0 Å². The summed E-state index contributed by atoms with van der Waals surface area (Å²) in [6, 6.07) is 8.39. The lowest BCUT2D eigenvalue weighted by molar-refractivity contribution is 0.874. The van der Waals surface area contributed by atoms with Crippen molar-refractivity contribution in [1.82, 2.24) is 4.98 Å². The van der Waals surface area contributed by atoms with Gasteiger partial charge in [-0.3, -0.25) is 4.98 Å². The Labute approximate surface area is 97.7 Å². The largest absolute Gasteiger partial charge is 0.256 e. The summed E-state index contributed by atoms with van der Waals surface area (Å²) >= 11 is 2.38. The molecule has 0 bridgehead atoms. The van der Waals surface area contributed by atoms with Crippen LogP contribution in [0.3, 0.4) is 0 Å². The minimum absolute atomic E-state index is 0.552. The Balaban J connectivity index is 2.84. The van der Waals surface area contributed by atoms with Crippen LogP contribution in [-0.2, 0) is 0 Å². The van der Waals surface area contributed by atoms with E-state index in [1.165, 1.54) is 14.5 Å². The standard InChI is InChI=1S/C12H12IN/c1-8(2)9-6-7-14-11-5-3-4-10(13)12(9)11/h3-8H,1-2H3. The van der Waals surface area contributed by atoms with Gasteiger partial charge in [-0.25, -0.2) is 0 Å². The molecule has 1 heterocycles. The lowest BCUT2D eigenvalue weighted by Crippen LogP contribution is -1.92. The molecule has 2 rings (SSSR count). The van der Waals surface area contributed by atoms with E-state index < -0.39 is 0 Å². The van der Waals surface area contributed by atoms with Crippen LogP contribution in [0.4, 0.5) is 0 Å². The molecule has 2 aromatic rings. The first-order valence-corrected chi connectivity index (χ1v) is 5.81. The molecule has 0 amide bonds. The van der Waals surface area contributed by atoms with Crippen LogP contribution in [0, 0.1) is 3.57 Å². The normalized spacial score (nSPS) is 11.1. The van der Waals surface area contributed by atoms with Crippen LogP contribution in [0.5, 0.6) is 0 Å². The SMILES string of the molecule is CC(C)c1ccnc2cccc(I)c12. The number of nitrogens with zero attached hydrogens (tertiary/aromatic N) is 1. The van der Waals surface area contributed by atoms with Gasteiger partial charge in [0, 0.05) is 15.2 Å². The summed E-state index contributed by atoms with van der Waals surface area (Å²) in [4.78, 5) is 4.38. The lowest BCUT2D eigenvalue weighted by atomic mass is 9.99. The number of hydrogen-bond acceptors (Lipinski definition) is 1. The van der Waals surface area contributed by atoms with Crippen molar-refractivity contribution >= 4 is 33.5 Å². The number of hydrogen-bond donors (Lipinski definition) is 0. The topological polar surface area (TPSA) is 12.9 Å². The van der Waals surface area contributed by atoms with Gasteiger partial charge >= 0.3 is 0 Å². The van der Waals surface area contributed by atoms with Gasteiger partial charge in [0.1, 0.15) is 0 Å². The van der Waals surface area contributed by atoms with Gasteiger partial charge in [0.25, 0.3) is 0 Å². The molecule has 0 N–H and O–H groups in total. The molecule has 14 heavy (non-hydrogen) atoms. The fraction of sp³-hybridized carbons (Fsp3) is 0.250. The fourth-order valence-electron chi connectivity index (χ4n) is 1.67. The quantitative estimate of drug-likeness (QED) is 0.726. The zero-order valence-corrected chi connectivity index (χ0v) is 10.4. The second kappa shape index (κ2) is 3.85. The highest BCUT2D eigenvalue weighted by molar-refractivity contribution is 14.1. The van der Waals surface area contributed by atoms with Crippen LogP contribution in [0.2, 0.25) is 0 Å². The predicted octanol–water partition coefficient (Wildman–Crippen LogP) is 3.96. The second-order valence-electron chi connectivity index (χ2n) is 3.69. The lowest BCUT2D eigenvalue weighted by Gasteiger charge is -2.10. The summed E-state index contributed by atoms with van der Waals surface area (Å²) in [5.41, 5.74) is 2.49. The molecule has 2 heteroatoms. The highest BCUT2D eigenvalue weighted by Crippen LogP contribution is 2.27. The summed E-state index contributed by atoms with van der Waals surface area (Å²) < 4.78 is 1.29. The molecule has 0 radical (unpaired) electrons. The van der Waals surface area contributed by atoms with Crippen molar-refractivity contribution in [1.29, 1.82) is 0 Å². The van der Waals surface area contributed by atoms with E-state index in [2.05, 4.69) is 65.7 Å². The van der Waals surface area contributed by atoms with E-state index in [9.17, 15) is 0 Å². The maximum absolute atomic E-state index is 4.38. The summed E-state index contributed by atoms with van der Waals surface area (Å²) in [7, 11) is 0. The van der Waals surface area contributed by atoms with E-state index in [0.717, 1.165) is 5.52 Å². The maximum Gasteiger partial charge on any atom is 0.0715 e. The first kappa shape index (κ1) is 9.90. The number of rotatable bonds is 1. The summed E-state index contributed by atoms with van der Waals surface area (Å²) in [6.07, 6.45) is 1.90. The Hall–Kier alpha value is -0.640. The third kappa shape index (κ3) is 1.63. The molecular weight excluding hydrogens is 285 g/mol. The van der Waals surface area contributed by atoms with E-state index in [1.807, 2.05) is 6.20 Å². The van der Waals surface area contributed by atoms with Crippen molar-refractivity contribution in [3.8, 4) is 0 Å². The molecule has 0 fully saturated rings. The van der Waals surface area contributed by atoms with Crippen molar-refractivity contribution < 1.29 is 0 Å². The summed E-state index contributed by atoms with van der Waals surface area (Å²) in [5.74, 6) is 0.552. The van der Waals surface area contributed by atoms with Crippen molar-refractivity contribution in [3.05, 3.63) is 39.6 Å². The van der Waals surface area contributed by atoms with E-state index in [0.29, 0.717) is 5.92 Å². The minimum Gasteiger partial charge on any atom is -0.256 e. The van der Waals surface area contributed by atoms with E-state index in [4.69, 9.17) is 0 Å². The van der Waals surface area contributed by atoms with Gasteiger partial charge in [-0.1, -0.05) is 19.9 Å². The molecule has 0 aliphatic heterocycles. The Morgan fingerprint density at radius 2 is 2.00 bits per heavy atom. The first-order valence-electron chi connectivity index (χ1n) is 4.73. The van der Waals surface area contributed by atoms with Crippen LogP contribution < -0.4 is 0 Å². The zero-order chi connectivity index (χ0) is 10.1. The van der Waals surface area contributed by atoms with Crippen molar-refractivity contribution in [2.75, 3.05) is 0 Å². The number of fused-ring (bicyclic) bond motifs is 1. The molecule has 1 aromatic heterocycles. The van der Waals surface area contributed by atoms with Gasteiger partial charge in [-0.05, 0) is 52.3 Å². The number of halogens is 1. The molecule has 0 atom stereocenters. The Bertz CT molecular complexity index is 458. The van der Waals surface area contributed by atoms with Crippen molar-refractivity contribution in [3.63, 3.8) is 0 Å². The van der Waals surface area contributed by atoms with Crippen LogP contribution in [0.15, 0.2) is 30.5 Å². The van der Waals surface area contributed by atoms with Crippen LogP contribution in [-0.4, -0.2) is 4.98 Å². The summed E-state index contributed by atoms with van der Waals surface area (Å²) in [5, 5.41) is 1.31. The van der Waals surface area contributed by atoms with Crippen molar-refractivity contribution in [2.45, 2.75) is 19.8 Å². The Morgan fingerprint density at radius 3 is 2.71 bits per heavy atom. The number of benzene rings is 1. The molecular formula is C12H12IN. The third-order valence-electron chi connectivity index (χ3n) is 2.37. The smallest absolute Gasteiger partial charge is 0.0715 e. The fourth-order valence-corrected chi connectivity index (χ4v) is 2.46. The van der Waals surface area contributed by atoms with E-state index in [1.54, 1.807) is 0 Å². The van der Waals surface area contributed by atoms with Gasteiger partial charge in [0.15, 0.2) is 0 Å². The molecule has 0 aliphatic carbocycles. The average Bonchev–Trinajstić information content (AvgIpc) is 2.17. The maximum atomic E-state index is 4.38. The Kier molecular flexibility index (Phi) is 2.72. The van der Waals surface area contributed by atoms with Crippen LogP contribution >= 0.6 is 22.6 Å².